The molecule has 0 spiro atoms. The van der Waals surface area contributed by atoms with Gasteiger partial charge in [-0.05, 0) is 36.8 Å². The molecule has 0 aliphatic carbocycles. The number of nitrogens with zero attached hydrogens (tertiary/aromatic N) is 1. The van der Waals surface area contributed by atoms with E-state index in [1.165, 1.54) is 0 Å². The number of hydrogen-bond donors (Lipinski definition) is 1. The molecule has 1 aromatic heterocycles. The molecule has 0 amide bonds. The summed E-state index contributed by atoms with van der Waals surface area (Å²) in [5.41, 5.74) is 7.27. The molecular weight excluding hydrogens is 252 g/mol. The average Bonchev–Trinajstić information content (AvgIpc) is 2.36. The van der Waals surface area contributed by atoms with Crippen molar-refractivity contribution in [3.63, 3.8) is 0 Å². The summed E-state index contributed by atoms with van der Waals surface area (Å²) in [6, 6.07) is 8.84. The van der Waals surface area contributed by atoms with Crippen LogP contribution in [0.2, 0.25) is 5.15 Å². The number of rotatable bonds is 3. The second-order valence-corrected chi connectivity index (χ2v) is 4.17. The Kier molecular flexibility index (Phi) is 3.58. The Balaban J connectivity index is 2.36. The maximum Gasteiger partial charge on any atom is 0.244 e. The maximum absolute atomic E-state index is 5.80. The minimum atomic E-state index is 0.268. The molecule has 1 heterocycles. The molecule has 2 N–H and O–H groups in total. The van der Waals surface area contributed by atoms with Gasteiger partial charge >= 0.3 is 0 Å². The van der Waals surface area contributed by atoms with Crippen LogP contribution in [-0.2, 0) is 0 Å². The van der Waals surface area contributed by atoms with E-state index in [2.05, 4.69) is 4.98 Å². The molecule has 0 aliphatic rings. The van der Waals surface area contributed by atoms with Gasteiger partial charge in [0.05, 0.1) is 12.8 Å². The van der Waals surface area contributed by atoms with Crippen LogP contribution in [0.3, 0.4) is 0 Å². The number of benzene rings is 1. The minimum absolute atomic E-state index is 0.268. The lowest BCUT2D eigenvalue weighted by atomic mass is 10.2. The monoisotopic (exact) mass is 264 g/mol. The van der Waals surface area contributed by atoms with Gasteiger partial charge in [0.25, 0.3) is 0 Å². The number of ether oxygens (including phenoxy) is 2. The third kappa shape index (κ3) is 2.65. The van der Waals surface area contributed by atoms with Crippen molar-refractivity contribution in [2.75, 3.05) is 12.8 Å². The van der Waals surface area contributed by atoms with Crippen molar-refractivity contribution in [3.8, 4) is 17.4 Å². The number of pyridine rings is 1. The Hall–Kier alpha value is -1.94. The SMILES string of the molecule is COc1cc(C)ccc1Oc1nc(Cl)ccc1N. The lowest BCUT2D eigenvalue weighted by Gasteiger charge is -2.11. The fourth-order valence-corrected chi connectivity index (χ4v) is 1.61. The number of hydrogen-bond acceptors (Lipinski definition) is 4. The van der Waals surface area contributed by atoms with Crippen LogP contribution < -0.4 is 15.2 Å². The van der Waals surface area contributed by atoms with E-state index < -0.39 is 0 Å². The lowest BCUT2D eigenvalue weighted by molar-refractivity contribution is 0.374. The summed E-state index contributed by atoms with van der Waals surface area (Å²) in [5, 5.41) is 0.324. The van der Waals surface area contributed by atoms with Gasteiger partial charge < -0.3 is 15.2 Å². The first-order valence-electron chi connectivity index (χ1n) is 5.34. The highest BCUT2D eigenvalue weighted by molar-refractivity contribution is 6.29. The Morgan fingerprint density at radius 2 is 1.94 bits per heavy atom. The molecule has 18 heavy (non-hydrogen) atoms. The van der Waals surface area contributed by atoms with Crippen LogP contribution in [0.1, 0.15) is 5.56 Å². The Morgan fingerprint density at radius 3 is 2.67 bits per heavy atom. The van der Waals surface area contributed by atoms with Gasteiger partial charge in [-0.3, -0.25) is 0 Å². The molecule has 0 fully saturated rings. The second kappa shape index (κ2) is 5.14. The largest absolute Gasteiger partial charge is 0.493 e. The van der Waals surface area contributed by atoms with Gasteiger partial charge in [0.1, 0.15) is 5.15 Å². The lowest BCUT2D eigenvalue weighted by Crippen LogP contribution is -1.97. The van der Waals surface area contributed by atoms with Crippen molar-refractivity contribution in [2.45, 2.75) is 6.92 Å². The summed E-state index contributed by atoms with van der Waals surface area (Å²) in [7, 11) is 1.58. The maximum atomic E-state index is 5.80. The summed E-state index contributed by atoms with van der Waals surface area (Å²) < 4.78 is 10.9. The van der Waals surface area contributed by atoms with Gasteiger partial charge in [0.2, 0.25) is 5.88 Å². The first-order valence-corrected chi connectivity index (χ1v) is 5.72. The van der Waals surface area contributed by atoms with E-state index in [-0.39, 0.29) is 5.88 Å². The third-order valence-electron chi connectivity index (χ3n) is 2.38. The summed E-state index contributed by atoms with van der Waals surface area (Å²) in [4.78, 5) is 4.03. The molecule has 0 radical (unpaired) electrons. The molecule has 0 atom stereocenters. The number of nitrogen functional groups attached to an aromatic ring is 1. The van der Waals surface area contributed by atoms with Crippen LogP contribution in [0.4, 0.5) is 5.69 Å². The van der Waals surface area contributed by atoms with Gasteiger partial charge in [0.15, 0.2) is 11.5 Å². The van der Waals surface area contributed by atoms with Gasteiger partial charge in [0, 0.05) is 0 Å². The fraction of sp³-hybridized carbons (Fsp3) is 0.154. The molecule has 0 unspecified atom stereocenters. The molecule has 0 saturated carbocycles. The van der Waals surface area contributed by atoms with Crippen molar-refractivity contribution in [1.82, 2.24) is 4.98 Å². The zero-order valence-corrected chi connectivity index (χ0v) is 10.9. The number of aromatic nitrogens is 1. The summed E-state index contributed by atoms with van der Waals surface area (Å²) in [6.07, 6.45) is 0. The van der Waals surface area contributed by atoms with Crippen molar-refractivity contribution < 1.29 is 9.47 Å². The molecule has 0 bridgehead atoms. The number of anilines is 1. The molecule has 1 aromatic carbocycles. The van der Waals surface area contributed by atoms with Crippen LogP contribution in [0.5, 0.6) is 17.4 Å². The van der Waals surface area contributed by atoms with E-state index in [9.17, 15) is 0 Å². The molecule has 0 saturated heterocycles. The standard InChI is InChI=1S/C13H13ClN2O2/c1-8-3-5-10(11(7-8)17-2)18-13-9(15)4-6-12(14)16-13/h3-7H,15H2,1-2H3. The van der Waals surface area contributed by atoms with E-state index in [0.717, 1.165) is 5.56 Å². The van der Waals surface area contributed by atoms with Gasteiger partial charge in [-0.25, -0.2) is 0 Å². The molecule has 0 aliphatic heterocycles. The molecule has 2 aromatic rings. The Bertz CT molecular complexity index is 573. The van der Waals surface area contributed by atoms with Crippen LogP contribution in [0.25, 0.3) is 0 Å². The highest BCUT2D eigenvalue weighted by Gasteiger charge is 2.09. The predicted molar refractivity (Wildman–Crippen MR) is 71.5 cm³/mol. The smallest absolute Gasteiger partial charge is 0.244 e. The minimum Gasteiger partial charge on any atom is -0.493 e. The molecule has 5 heteroatoms. The normalized spacial score (nSPS) is 10.2. The quantitative estimate of drug-likeness (QED) is 0.863. The zero-order valence-electron chi connectivity index (χ0n) is 10.1. The Labute approximate surface area is 110 Å². The van der Waals surface area contributed by atoms with E-state index in [1.54, 1.807) is 25.3 Å². The Morgan fingerprint density at radius 1 is 1.17 bits per heavy atom. The molecule has 94 valence electrons. The fourth-order valence-electron chi connectivity index (χ4n) is 1.47. The molecule has 4 nitrogen and oxygen atoms in total. The average molecular weight is 265 g/mol. The number of halogens is 1. The third-order valence-corrected chi connectivity index (χ3v) is 2.59. The van der Waals surface area contributed by atoms with E-state index in [1.807, 2.05) is 19.1 Å². The van der Waals surface area contributed by atoms with Crippen molar-refractivity contribution in [2.24, 2.45) is 0 Å². The van der Waals surface area contributed by atoms with E-state index >= 15 is 0 Å². The van der Waals surface area contributed by atoms with Crippen LogP contribution in [0.15, 0.2) is 30.3 Å². The molecule has 2 rings (SSSR count). The van der Waals surface area contributed by atoms with Crippen molar-refractivity contribution >= 4 is 17.3 Å². The van der Waals surface area contributed by atoms with Gasteiger partial charge in [-0.1, -0.05) is 17.7 Å². The van der Waals surface area contributed by atoms with Gasteiger partial charge in [-0.15, -0.1) is 0 Å². The van der Waals surface area contributed by atoms with Crippen LogP contribution >= 0.6 is 11.6 Å². The number of aryl methyl sites for hydroxylation is 1. The first kappa shape index (κ1) is 12.5. The number of nitrogens with two attached hydrogens (primary N) is 1. The zero-order chi connectivity index (χ0) is 13.1. The summed E-state index contributed by atoms with van der Waals surface area (Å²) in [6.45, 7) is 1.97. The second-order valence-electron chi connectivity index (χ2n) is 3.78. The number of methoxy groups -OCH3 is 1. The van der Waals surface area contributed by atoms with Crippen LogP contribution in [0, 0.1) is 6.92 Å². The first-order chi connectivity index (χ1) is 8.60. The van der Waals surface area contributed by atoms with E-state index in [4.69, 9.17) is 26.8 Å². The highest BCUT2D eigenvalue weighted by Crippen LogP contribution is 2.34. The van der Waals surface area contributed by atoms with Gasteiger partial charge in [-0.2, -0.15) is 4.98 Å². The molecular formula is C13H13ClN2O2. The summed E-state index contributed by atoms with van der Waals surface area (Å²) >= 11 is 5.80. The highest BCUT2D eigenvalue weighted by atomic mass is 35.5. The van der Waals surface area contributed by atoms with Crippen molar-refractivity contribution in [3.05, 3.63) is 41.0 Å². The predicted octanol–water partition coefficient (Wildman–Crippen LogP) is 3.43. The van der Waals surface area contributed by atoms with E-state index in [0.29, 0.717) is 22.3 Å². The topological polar surface area (TPSA) is 57.4 Å². The summed E-state index contributed by atoms with van der Waals surface area (Å²) in [5.74, 6) is 1.44. The van der Waals surface area contributed by atoms with Crippen molar-refractivity contribution in [1.29, 1.82) is 0 Å². The van der Waals surface area contributed by atoms with Crippen LogP contribution in [-0.4, -0.2) is 12.1 Å².